The van der Waals surface area contributed by atoms with Crippen LogP contribution in [0.4, 0.5) is 4.79 Å². The monoisotopic (exact) mass is 505 g/mol. The SMILES string of the molecule is CCOC(=O)/N=C/c1ccc(OCc2cccc(CCc3ccc(C(C)(C)c4ccccc4)cc3)c2)cc1. The summed E-state index contributed by atoms with van der Waals surface area (Å²) >= 11 is 0. The highest BCUT2D eigenvalue weighted by molar-refractivity contribution is 5.88. The van der Waals surface area contributed by atoms with E-state index in [4.69, 9.17) is 9.47 Å². The van der Waals surface area contributed by atoms with E-state index in [0.717, 1.165) is 29.7 Å². The van der Waals surface area contributed by atoms with E-state index in [2.05, 4.69) is 97.7 Å². The molecule has 38 heavy (non-hydrogen) atoms. The zero-order valence-corrected chi connectivity index (χ0v) is 22.4. The molecule has 0 aliphatic rings. The lowest BCUT2D eigenvalue weighted by molar-refractivity contribution is 0.163. The number of aryl methyl sites for hydroxylation is 2. The second-order valence-electron chi connectivity index (χ2n) is 9.82. The summed E-state index contributed by atoms with van der Waals surface area (Å²) in [4.78, 5) is 15.1. The van der Waals surface area contributed by atoms with Crippen molar-refractivity contribution in [2.45, 2.75) is 45.6 Å². The number of amides is 1. The molecule has 0 atom stereocenters. The fourth-order valence-electron chi connectivity index (χ4n) is 4.38. The Morgan fingerprint density at radius 1 is 0.763 bits per heavy atom. The molecule has 0 radical (unpaired) electrons. The van der Waals surface area contributed by atoms with Crippen molar-refractivity contribution in [1.82, 2.24) is 0 Å². The molecule has 0 N–H and O–H groups in total. The third-order valence-electron chi connectivity index (χ3n) is 6.74. The highest BCUT2D eigenvalue weighted by Crippen LogP contribution is 2.31. The lowest BCUT2D eigenvalue weighted by atomic mass is 9.78. The van der Waals surface area contributed by atoms with Crippen LogP contribution in [0.1, 0.15) is 54.2 Å². The Kier molecular flexibility index (Phi) is 9.10. The van der Waals surface area contributed by atoms with Gasteiger partial charge in [-0.15, -0.1) is 0 Å². The highest BCUT2D eigenvalue weighted by Gasteiger charge is 2.22. The summed E-state index contributed by atoms with van der Waals surface area (Å²) in [5.41, 5.74) is 7.21. The van der Waals surface area contributed by atoms with Crippen LogP contribution in [-0.2, 0) is 29.6 Å². The molecule has 4 nitrogen and oxygen atoms in total. The van der Waals surface area contributed by atoms with Gasteiger partial charge in [0.2, 0.25) is 0 Å². The van der Waals surface area contributed by atoms with Crippen LogP contribution in [0.15, 0.2) is 108 Å². The Balaban J connectivity index is 1.29. The van der Waals surface area contributed by atoms with E-state index in [0.29, 0.717) is 13.2 Å². The number of rotatable bonds is 10. The zero-order valence-electron chi connectivity index (χ0n) is 22.4. The van der Waals surface area contributed by atoms with E-state index >= 15 is 0 Å². The van der Waals surface area contributed by atoms with Gasteiger partial charge in [-0.3, -0.25) is 0 Å². The smallest absolute Gasteiger partial charge is 0.433 e. The first kappa shape index (κ1) is 26.9. The van der Waals surface area contributed by atoms with Crippen molar-refractivity contribution in [2.24, 2.45) is 4.99 Å². The Bertz CT molecular complexity index is 1340. The molecule has 0 heterocycles. The maximum absolute atomic E-state index is 11.4. The summed E-state index contributed by atoms with van der Waals surface area (Å²) in [6.07, 6.45) is 2.87. The molecule has 1 amide bonds. The average Bonchev–Trinajstić information content (AvgIpc) is 2.95. The van der Waals surface area contributed by atoms with Crippen LogP contribution in [-0.4, -0.2) is 18.9 Å². The summed E-state index contributed by atoms with van der Waals surface area (Å²) in [5.74, 6) is 0.766. The lowest BCUT2D eigenvalue weighted by Crippen LogP contribution is -2.18. The van der Waals surface area contributed by atoms with Gasteiger partial charge in [-0.25, -0.2) is 4.79 Å². The first-order chi connectivity index (χ1) is 18.4. The normalized spacial score (nSPS) is 11.4. The maximum Gasteiger partial charge on any atom is 0.433 e. The molecular weight excluding hydrogens is 470 g/mol. The molecule has 0 bridgehead atoms. The number of ether oxygens (including phenoxy) is 2. The Labute approximate surface area is 226 Å². The molecule has 0 unspecified atom stereocenters. The summed E-state index contributed by atoms with van der Waals surface area (Å²) in [7, 11) is 0. The zero-order chi connectivity index (χ0) is 26.8. The first-order valence-corrected chi connectivity index (χ1v) is 13.1. The third kappa shape index (κ3) is 7.42. The van der Waals surface area contributed by atoms with Crippen LogP contribution in [0, 0.1) is 0 Å². The van der Waals surface area contributed by atoms with Crippen molar-refractivity contribution in [3.05, 3.63) is 137 Å². The third-order valence-corrected chi connectivity index (χ3v) is 6.74. The van der Waals surface area contributed by atoms with Gasteiger partial charge in [0, 0.05) is 11.6 Å². The number of benzene rings is 4. The van der Waals surface area contributed by atoms with Gasteiger partial charge < -0.3 is 9.47 Å². The fourth-order valence-corrected chi connectivity index (χ4v) is 4.38. The van der Waals surface area contributed by atoms with Crippen molar-refractivity contribution in [2.75, 3.05) is 6.61 Å². The van der Waals surface area contributed by atoms with Crippen molar-refractivity contribution in [3.8, 4) is 5.75 Å². The number of hydrogen-bond donors (Lipinski definition) is 0. The number of hydrogen-bond acceptors (Lipinski definition) is 3. The standard InChI is InChI=1S/C34H35NO3/c1-4-37-33(36)35-24-28-17-21-32(22-18-28)38-25-29-10-8-9-27(23-29)14-13-26-15-19-31(20-16-26)34(2,3)30-11-6-5-7-12-30/h5-12,15-24H,4,13-14,25H2,1-3H3/b35-24+. The quantitative estimate of drug-likeness (QED) is 0.205. The van der Waals surface area contributed by atoms with Gasteiger partial charge in [0.05, 0.1) is 6.61 Å². The van der Waals surface area contributed by atoms with Gasteiger partial charge in [-0.05, 0) is 77.4 Å². The molecule has 0 aliphatic carbocycles. The number of aliphatic imine (C=N–C) groups is 1. The van der Waals surface area contributed by atoms with Gasteiger partial charge in [-0.2, -0.15) is 4.99 Å². The number of carbonyl (C=O) groups is 1. The van der Waals surface area contributed by atoms with Crippen molar-refractivity contribution in [3.63, 3.8) is 0 Å². The Morgan fingerprint density at radius 3 is 2.13 bits per heavy atom. The predicted molar refractivity (Wildman–Crippen MR) is 154 cm³/mol. The van der Waals surface area contributed by atoms with Gasteiger partial charge in [0.1, 0.15) is 12.4 Å². The molecule has 4 heteroatoms. The van der Waals surface area contributed by atoms with Gasteiger partial charge in [-0.1, -0.05) is 92.7 Å². The molecule has 0 saturated heterocycles. The molecule has 4 aromatic carbocycles. The topological polar surface area (TPSA) is 47.9 Å². The van der Waals surface area contributed by atoms with Crippen molar-refractivity contribution < 1.29 is 14.3 Å². The van der Waals surface area contributed by atoms with Crippen LogP contribution >= 0.6 is 0 Å². The molecule has 4 rings (SSSR count). The minimum atomic E-state index is -0.586. The maximum atomic E-state index is 11.4. The summed E-state index contributed by atoms with van der Waals surface area (Å²) < 4.78 is 10.8. The molecule has 0 saturated carbocycles. The van der Waals surface area contributed by atoms with Crippen molar-refractivity contribution >= 4 is 12.3 Å². The summed E-state index contributed by atoms with van der Waals surface area (Å²) in [6, 6.07) is 35.8. The molecular formula is C34H35NO3. The summed E-state index contributed by atoms with van der Waals surface area (Å²) in [5, 5.41) is 0. The first-order valence-electron chi connectivity index (χ1n) is 13.1. The van der Waals surface area contributed by atoms with Gasteiger partial charge in [0.25, 0.3) is 0 Å². The van der Waals surface area contributed by atoms with Gasteiger partial charge in [0.15, 0.2) is 0 Å². The van der Waals surface area contributed by atoms with Crippen LogP contribution in [0.3, 0.4) is 0 Å². The molecule has 0 fully saturated rings. The number of nitrogens with zero attached hydrogens (tertiary/aromatic N) is 1. The van der Waals surface area contributed by atoms with E-state index in [-0.39, 0.29) is 5.41 Å². The van der Waals surface area contributed by atoms with Crippen LogP contribution in [0.2, 0.25) is 0 Å². The Hall–Kier alpha value is -4.18. The summed E-state index contributed by atoms with van der Waals surface area (Å²) in [6.45, 7) is 7.11. The minimum Gasteiger partial charge on any atom is -0.489 e. The average molecular weight is 506 g/mol. The minimum absolute atomic E-state index is 0.0231. The molecule has 0 aliphatic heterocycles. The molecule has 0 spiro atoms. The second kappa shape index (κ2) is 12.9. The second-order valence-corrected chi connectivity index (χ2v) is 9.82. The van der Waals surface area contributed by atoms with E-state index in [1.807, 2.05) is 24.3 Å². The van der Waals surface area contributed by atoms with Crippen LogP contribution < -0.4 is 4.74 Å². The van der Waals surface area contributed by atoms with E-state index < -0.39 is 6.09 Å². The van der Waals surface area contributed by atoms with E-state index in [1.165, 1.54) is 28.5 Å². The molecule has 4 aromatic rings. The predicted octanol–water partition coefficient (Wildman–Crippen LogP) is 7.95. The molecule has 0 aromatic heterocycles. The van der Waals surface area contributed by atoms with Gasteiger partial charge >= 0.3 is 6.09 Å². The molecule has 194 valence electrons. The number of carbonyl (C=O) groups excluding carboxylic acids is 1. The highest BCUT2D eigenvalue weighted by atomic mass is 16.5. The Morgan fingerprint density at radius 2 is 1.42 bits per heavy atom. The van der Waals surface area contributed by atoms with E-state index in [9.17, 15) is 4.79 Å². The van der Waals surface area contributed by atoms with E-state index in [1.54, 1.807) is 6.92 Å². The van der Waals surface area contributed by atoms with Crippen LogP contribution in [0.25, 0.3) is 0 Å². The lowest BCUT2D eigenvalue weighted by Gasteiger charge is -2.26. The largest absolute Gasteiger partial charge is 0.489 e. The van der Waals surface area contributed by atoms with Crippen LogP contribution in [0.5, 0.6) is 5.75 Å². The van der Waals surface area contributed by atoms with Crippen molar-refractivity contribution in [1.29, 1.82) is 0 Å². The fraction of sp³-hybridized carbons (Fsp3) is 0.235.